The van der Waals surface area contributed by atoms with E-state index in [-0.39, 0.29) is 17.8 Å². The lowest BCUT2D eigenvalue weighted by Gasteiger charge is -2.41. The molecule has 0 saturated carbocycles. The van der Waals surface area contributed by atoms with E-state index in [9.17, 15) is 9.18 Å². The topological polar surface area (TPSA) is 62.2 Å². The molecule has 7 heteroatoms. The highest BCUT2D eigenvalue weighted by Gasteiger charge is 2.42. The number of carbonyl (C=O) groups excluding carboxylic acids is 1. The maximum Gasteiger partial charge on any atom is 0.217 e. The number of halogens is 1. The van der Waals surface area contributed by atoms with Crippen molar-refractivity contribution in [2.24, 2.45) is 0 Å². The second-order valence-corrected chi connectivity index (χ2v) is 9.69. The highest BCUT2D eigenvalue weighted by molar-refractivity contribution is 5.73. The van der Waals surface area contributed by atoms with E-state index >= 15 is 0 Å². The number of carbonyl (C=O) groups is 1. The smallest absolute Gasteiger partial charge is 0.217 e. The van der Waals surface area contributed by atoms with Crippen LogP contribution in [0, 0.1) is 12.7 Å². The number of hydrogen-bond acceptors (Lipinski definition) is 4. The van der Waals surface area contributed by atoms with Crippen LogP contribution in [0.1, 0.15) is 73.9 Å². The van der Waals surface area contributed by atoms with Crippen molar-refractivity contribution >= 4 is 5.91 Å². The van der Waals surface area contributed by atoms with Crippen LogP contribution in [0.3, 0.4) is 0 Å². The summed E-state index contributed by atoms with van der Waals surface area (Å²) in [6, 6.07) is 8.14. The van der Waals surface area contributed by atoms with Crippen LogP contribution in [0.5, 0.6) is 0 Å². The predicted molar refractivity (Wildman–Crippen MR) is 122 cm³/mol. The predicted octanol–water partition coefficient (Wildman–Crippen LogP) is 3.41. The van der Waals surface area contributed by atoms with Crippen LogP contribution in [0.4, 0.5) is 4.39 Å². The molecule has 6 nitrogen and oxygen atoms in total. The molecule has 2 aromatic rings. The second-order valence-electron chi connectivity index (χ2n) is 9.69. The lowest BCUT2D eigenvalue weighted by Crippen LogP contribution is -2.45. The molecular formula is C25H34FN5O. The number of aromatic nitrogens is 2. The highest BCUT2D eigenvalue weighted by atomic mass is 19.1. The monoisotopic (exact) mass is 439 g/mol. The number of fused-ring (bicyclic) bond motifs is 3. The summed E-state index contributed by atoms with van der Waals surface area (Å²) in [5.74, 6) is 0.831. The summed E-state index contributed by atoms with van der Waals surface area (Å²) in [5, 5.41) is 6.48. The zero-order chi connectivity index (χ0) is 22.2. The third-order valence-corrected chi connectivity index (χ3v) is 7.63. The Morgan fingerprint density at radius 2 is 2.06 bits per heavy atom. The van der Waals surface area contributed by atoms with E-state index in [1.807, 2.05) is 6.07 Å². The summed E-state index contributed by atoms with van der Waals surface area (Å²) < 4.78 is 16.3. The molecular weight excluding hydrogens is 405 g/mol. The van der Waals surface area contributed by atoms with Gasteiger partial charge >= 0.3 is 0 Å². The normalized spacial score (nSPS) is 26.0. The molecule has 2 N–H and O–H groups in total. The largest absolute Gasteiger partial charge is 0.349 e. The van der Waals surface area contributed by atoms with Crippen molar-refractivity contribution in [3.63, 3.8) is 0 Å². The quantitative estimate of drug-likeness (QED) is 0.724. The Morgan fingerprint density at radius 1 is 1.28 bits per heavy atom. The Bertz CT molecular complexity index is 975. The summed E-state index contributed by atoms with van der Waals surface area (Å²) >= 11 is 0. The minimum absolute atomic E-state index is 0.0733. The first-order valence-electron chi connectivity index (χ1n) is 12.0. The van der Waals surface area contributed by atoms with Gasteiger partial charge in [-0.2, -0.15) is 0 Å². The molecule has 0 radical (unpaired) electrons. The molecule has 1 amide bonds. The molecule has 0 spiro atoms. The van der Waals surface area contributed by atoms with Crippen LogP contribution in [0.15, 0.2) is 24.3 Å². The number of nitrogens with zero attached hydrogens (tertiary/aromatic N) is 3. The number of hydrogen-bond donors (Lipinski definition) is 2. The minimum Gasteiger partial charge on any atom is -0.349 e. The number of rotatable bonds is 6. The van der Waals surface area contributed by atoms with E-state index in [1.54, 1.807) is 12.1 Å². The Balaban J connectivity index is 1.28. The average molecular weight is 440 g/mol. The van der Waals surface area contributed by atoms with Crippen molar-refractivity contribution in [2.75, 3.05) is 13.1 Å². The first-order chi connectivity index (χ1) is 15.5. The third kappa shape index (κ3) is 4.20. The van der Waals surface area contributed by atoms with Crippen molar-refractivity contribution in [3.8, 4) is 0 Å². The standard InChI is InChI=1S/C25H34FN5O/c1-16-28-24-15-27-10-8-25(24)31(16)22-13-20-6-7-21(14-22)30(20)11-9-23(29-17(2)32)18-4-3-5-19(26)12-18/h3-5,12,20-23,27H,6-11,13-15H2,1-2H3,(H,29,32)/t20-,21+,22?,23-/m0/s1. The van der Waals surface area contributed by atoms with E-state index in [0.29, 0.717) is 18.1 Å². The summed E-state index contributed by atoms with van der Waals surface area (Å²) in [6.45, 7) is 6.54. The van der Waals surface area contributed by atoms with Crippen molar-refractivity contribution in [1.82, 2.24) is 25.1 Å². The first kappa shape index (κ1) is 21.6. The first-order valence-corrected chi connectivity index (χ1v) is 12.0. The maximum atomic E-state index is 13.8. The fourth-order valence-corrected chi connectivity index (χ4v) is 6.34. The van der Waals surface area contributed by atoms with Gasteiger partial charge < -0.3 is 15.2 Å². The van der Waals surface area contributed by atoms with Crippen molar-refractivity contribution in [3.05, 3.63) is 52.9 Å². The van der Waals surface area contributed by atoms with Gasteiger partial charge in [0, 0.05) is 56.8 Å². The van der Waals surface area contributed by atoms with E-state index in [0.717, 1.165) is 43.9 Å². The fraction of sp³-hybridized carbons (Fsp3) is 0.600. The van der Waals surface area contributed by atoms with Gasteiger partial charge in [0.15, 0.2) is 0 Å². The van der Waals surface area contributed by atoms with Gasteiger partial charge in [-0.05, 0) is 56.7 Å². The van der Waals surface area contributed by atoms with Crippen molar-refractivity contribution in [2.45, 2.75) is 83.1 Å². The number of imidazole rings is 1. The number of benzene rings is 1. The van der Waals surface area contributed by atoms with Crippen LogP contribution in [-0.4, -0.2) is 45.5 Å². The summed E-state index contributed by atoms with van der Waals surface area (Å²) in [5.41, 5.74) is 3.52. The van der Waals surface area contributed by atoms with Gasteiger partial charge in [-0.1, -0.05) is 12.1 Å². The van der Waals surface area contributed by atoms with Gasteiger partial charge in [0.25, 0.3) is 0 Å². The Labute approximate surface area is 189 Å². The highest BCUT2D eigenvalue weighted by Crippen LogP contribution is 2.42. The minimum atomic E-state index is -0.257. The van der Waals surface area contributed by atoms with E-state index in [4.69, 9.17) is 4.98 Å². The van der Waals surface area contributed by atoms with E-state index in [2.05, 4.69) is 27.0 Å². The van der Waals surface area contributed by atoms with Gasteiger partial charge in [-0.3, -0.25) is 9.69 Å². The SMILES string of the molecule is CC(=O)N[C@@H](CCN1[C@@H]2CC[C@H]1CC(n1c(C)nc3c1CCNC3)C2)c1cccc(F)c1. The number of piperidine rings is 1. The molecule has 3 aliphatic rings. The lowest BCUT2D eigenvalue weighted by molar-refractivity contribution is -0.119. The van der Waals surface area contributed by atoms with Crippen molar-refractivity contribution < 1.29 is 9.18 Å². The molecule has 1 unspecified atom stereocenters. The Kier molecular flexibility index (Phi) is 6.03. The number of amides is 1. The van der Waals surface area contributed by atoms with Gasteiger partial charge in [0.2, 0.25) is 5.91 Å². The zero-order valence-electron chi connectivity index (χ0n) is 19.1. The van der Waals surface area contributed by atoms with Crippen LogP contribution < -0.4 is 10.6 Å². The van der Waals surface area contributed by atoms with Crippen LogP contribution in [-0.2, 0) is 17.8 Å². The number of aryl methyl sites for hydroxylation is 1. The fourth-order valence-electron chi connectivity index (χ4n) is 6.34. The summed E-state index contributed by atoms with van der Waals surface area (Å²) in [4.78, 5) is 19.3. The molecule has 4 heterocycles. The average Bonchev–Trinajstić information content (AvgIpc) is 3.22. The van der Waals surface area contributed by atoms with Crippen molar-refractivity contribution in [1.29, 1.82) is 0 Å². The lowest BCUT2D eigenvalue weighted by atomic mass is 9.95. The molecule has 2 fully saturated rings. The molecule has 4 atom stereocenters. The van der Waals surface area contributed by atoms with E-state index < -0.39 is 0 Å². The molecule has 5 rings (SSSR count). The van der Waals surface area contributed by atoms with Crippen LogP contribution >= 0.6 is 0 Å². The van der Waals surface area contributed by atoms with Gasteiger partial charge in [0.05, 0.1) is 11.7 Å². The molecule has 1 aromatic heterocycles. The Morgan fingerprint density at radius 3 is 2.78 bits per heavy atom. The summed E-state index contributed by atoms with van der Waals surface area (Å²) in [7, 11) is 0. The second kappa shape index (κ2) is 8.94. The molecule has 2 saturated heterocycles. The van der Waals surface area contributed by atoms with Gasteiger partial charge in [-0.25, -0.2) is 9.37 Å². The molecule has 1 aromatic carbocycles. The van der Waals surface area contributed by atoms with Crippen LogP contribution in [0.25, 0.3) is 0 Å². The molecule has 3 aliphatic heterocycles. The van der Waals surface area contributed by atoms with Crippen LogP contribution in [0.2, 0.25) is 0 Å². The van der Waals surface area contributed by atoms with E-state index in [1.165, 1.54) is 50.1 Å². The Hall–Kier alpha value is -2.25. The molecule has 2 bridgehead atoms. The number of nitrogens with one attached hydrogen (secondary N) is 2. The maximum absolute atomic E-state index is 13.8. The summed E-state index contributed by atoms with van der Waals surface area (Å²) in [6.07, 6.45) is 6.67. The molecule has 172 valence electrons. The van der Waals surface area contributed by atoms with Gasteiger partial charge in [0.1, 0.15) is 11.6 Å². The molecule has 32 heavy (non-hydrogen) atoms. The molecule has 0 aliphatic carbocycles. The van der Waals surface area contributed by atoms with Gasteiger partial charge in [-0.15, -0.1) is 0 Å². The zero-order valence-corrected chi connectivity index (χ0v) is 19.1. The third-order valence-electron chi connectivity index (χ3n) is 7.63.